The summed E-state index contributed by atoms with van der Waals surface area (Å²) < 4.78 is 3.68. The highest BCUT2D eigenvalue weighted by Gasteiger charge is 2.11. The minimum Gasteiger partial charge on any atom is -0.481 e. The van der Waals surface area contributed by atoms with E-state index in [1.54, 1.807) is 4.57 Å². The van der Waals surface area contributed by atoms with Crippen LogP contribution in [0.4, 0.5) is 5.95 Å². The third kappa shape index (κ3) is 3.97. The van der Waals surface area contributed by atoms with E-state index in [4.69, 9.17) is 10.8 Å². The van der Waals surface area contributed by atoms with E-state index in [-0.39, 0.29) is 5.75 Å². The van der Waals surface area contributed by atoms with Gasteiger partial charge in [0.2, 0.25) is 5.95 Å². The summed E-state index contributed by atoms with van der Waals surface area (Å²) in [7, 11) is 0. The number of nitrogen functional groups attached to an aromatic ring is 1. The quantitative estimate of drug-likeness (QED) is 0.732. The van der Waals surface area contributed by atoms with E-state index >= 15 is 0 Å². The Kier molecular flexibility index (Phi) is 4.84. The van der Waals surface area contributed by atoms with Gasteiger partial charge in [-0.1, -0.05) is 11.8 Å². The summed E-state index contributed by atoms with van der Waals surface area (Å²) in [6.07, 6.45) is 0.810. The van der Waals surface area contributed by atoms with Gasteiger partial charge in [0, 0.05) is 18.8 Å². The van der Waals surface area contributed by atoms with E-state index in [1.165, 1.54) is 0 Å². The number of carboxylic acids is 1. The van der Waals surface area contributed by atoms with Gasteiger partial charge in [-0.25, -0.2) is 0 Å². The summed E-state index contributed by atoms with van der Waals surface area (Å²) in [5, 5.41) is 21.3. The maximum absolute atomic E-state index is 10.6. The van der Waals surface area contributed by atoms with E-state index in [9.17, 15) is 4.79 Å². The molecule has 0 atom stereocenters. The van der Waals surface area contributed by atoms with E-state index in [0.29, 0.717) is 17.6 Å². The van der Waals surface area contributed by atoms with Gasteiger partial charge in [0.05, 0.1) is 11.4 Å². The van der Waals surface area contributed by atoms with Gasteiger partial charge in [0.25, 0.3) is 0 Å². The predicted octanol–water partition coefficient (Wildman–Crippen LogP) is 0.941. The Hall–Kier alpha value is -2.03. The van der Waals surface area contributed by atoms with Crippen molar-refractivity contribution in [1.82, 2.24) is 24.5 Å². The molecule has 0 saturated carbocycles. The van der Waals surface area contributed by atoms with Crippen molar-refractivity contribution in [3.8, 4) is 0 Å². The fourth-order valence-corrected chi connectivity index (χ4v) is 2.71. The van der Waals surface area contributed by atoms with E-state index in [2.05, 4.69) is 15.3 Å². The molecule has 0 amide bonds. The number of hydrogen-bond acceptors (Lipinski definition) is 6. The van der Waals surface area contributed by atoms with Crippen molar-refractivity contribution in [1.29, 1.82) is 0 Å². The number of nitrogens with zero attached hydrogens (tertiary/aromatic N) is 5. The summed E-state index contributed by atoms with van der Waals surface area (Å²) in [6, 6.07) is 2.03. The standard InChI is InChI=1S/C12H18N6O2S/c1-8-6-9(2)18(16-8)5-3-4-17-11(13)14-15-12(17)21-7-10(19)20/h6H,3-5,7H2,1-2H3,(H2,13,14)(H,19,20). The van der Waals surface area contributed by atoms with Gasteiger partial charge < -0.3 is 10.8 Å². The lowest BCUT2D eigenvalue weighted by atomic mass is 10.4. The summed E-state index contributed by atoms with van der Waals surface area (Å²) >= 11 is 1.12. The zero-order chi connectivity index (χ0) is 15.4. The number of thioether (sulfide) groups is 1. The smallest absolute Gasteiger partial charge is 0.313 e. The number of rotatable bonds is 7. The van der Waals surface area contributed by atoms with Gasteiger partial charge in [0.1, 0.15) is 0 Å². The predicted molar refractivity (Wildman–Crippen MR) is 79.1 cm³/mol. The first kappa shape index (κ1) is 15.4. The maximum atomic E-state index is 10.6. The minimum atomic E-state index is -0.893. The number of aromatic nitrogens is 5. The molecule has 0 bridgehead atoms. The second-order valence-corrected chi connectivity index (χ2v) is 5.62. The molecule has 9 heteroatoms. The number of carbonyl (C=O) groups is 1. The van der Waals surface area contributed by atoms with Gasteiger partial charge in [-0.05, 0) is 26.3 Å². The molecule has 2 heterocycles. The van der Waals surface area contributed by atoms with Gasteiger partial charge in [-0.3, -0.25) is 14.0 Å². The first-order chi connectivity index (χ1) is 9.97. The molecule has 0 spiro atoms. The lowest BCUT2D eigenvalue weighted by Crippen LogP contribution is -2.10. The molecule has 0 aliphatic heterocycles. The first-order valence-electron chi connectivity index (χ1n) is 6.51. The number of anilines is 1. The third-order valence-corrected chi connectivity index (χ3v) is 3.88. The van der Waals surface area contributed by atoms with Gasteiger partial charge >= 0.3 is 5.97 Å². The monoisotopic (exact) mass is 310 g/mol. The minimum absolute atomic E-state index is 0.0599. The molecule has 0 radical (unpaired) electrons. The van der Waals surface area contributed by atoms with Crippen molar-refractivity contribution in [2.75, 3.05) is 11.5 Å². The van der Waals surface area contributed by atoms with Crippen molar-refractivity contribution in [3.63, 3.8) is 0 Å². The zero-order valence-electron chi connectivity index (χ0n) is 12.0. The molecule has 2 aromatic rings. The van der Waals surface area contributed by atoms with Crippen LogP contribution >= 0.6 is 11.8 Å². The Labute approximate surface area is 126 Å². The van der Waals surface area contributed by atoms with Gasteiger partial charge in [-0.15, -0.1) is 10.2 Å². The summed E-state index contributed by atoms with van der Waals surface area (Å²) in [6.45, 7) is 5.36. The Balaban J connectivity index is 1.95. The highest BCUT2D eigenvalue weighted by Crippen LogP contribution is 2.18. The van der Waals surface area contributed by atoms with Gasteiger partial charge in [-0.2, -0.15) is 5.10 Å². The SMILES string of the molecule is Cc1cc(C)n(CCCn2c(N)nnc2SCC(=O)O)n1. The van der Waals surface area contributed by atoms with Crippen LogP contribution in [0.25, 0.3) is 0 Å². The molecule has 0 unspecified atom stereocenters. The van der Waals surface area contributed by atoms with Crippen molar-refractivity contribution >= 4 is 23.7 Å². The average molecular weight is 310 g/mol. The Morgan fingerprint density at radius 3 is 2.76 bits per heavy atom. The molecule has 0 aliphatic carbocycles. The number of hydrogen-bond donors (Lipinski definition) is 2. The van der Waals surface area contributed by atoms with Crippen LogP contribution in [0.3, 0.4) is 0 Å². The highest BCUT2D eigenvalue weighted by molar-refractivity contribution is 7.99. The van der Waals surface area contributed by atoms with Crippen LogP contribution in [-0.2, 0) is 17.9 Å². The summed E-state index contributed by atoms with van der Waals surface area (Å²) in [5.74, 6) is -0.651. The molecule has 0 fully saturated rings. The molecule has 8 nitrogen and oxygen atoms in total. The Morgan fingerprint density at radius 1 is 1.38 bits per heavy atom. The van der Waals surface area contributed by atoms with Crippen molar-refractivity contribution < 1.29 is 9.90 Å². The number of nitrogens with two attached hydrogens (primary N) is 1. The topological polar surface area (TPSA) is 112 Å². The van der Waals surface area contributed by atoms with Crippen molar-refractivity contribution in [3.05, 3.63) is 17.5 Å². The lowest BCUT2D eigenvalue weighted by Gasteiger charge is -2.08. The van der Waals surface area contributed by atoms with E-state index in [1.807, 2.05) is 24.6 Å². The fourth-order valence-electron chi connectivity index (χ4n) is 2.02. The maximum Gasteiger partial charge on any atom is 0.313 e. The van der Waals surface area contributed by atoms with Crippen molar-refractivity contribution in [2.45, 2.75) is 38.5 Å². The molecule has 114 valence electrons. The van der Waals surface area contributed by atoms with Crippen LogP contribution in [0.2, 0.25) is 0 Å². The first-order valence-corrected chi connectivity index (χ1v) is 7.50. The second kappa shape index (κ2) is 6.61. The van der Waals surface area contributed by atoms with Crippen molar-refractivity contribution in [2.24, 2.45) is 0 Å². The van der Waals surface area contributed by atoms with Gasteiger partial charge in [0.15, 0.2) is 5.16 Å². The number of carboxylic acid groups (broad SMARTS) is 1. The molecular weight excluding hydrogens is 292 g/mol. The molecule has 0 aromatic carbocycles. The molecule has 0 saturated heterocycles. The molecule has 21 heavy (non-hydrogen) atoms. The normalized spacial score (nSPS) is 11.0. The second-order valence-electron chi connectivity index (χ2n) is 4.68. The molecule has 0 aliphatic rings. The highest BCUT2D eigenvalue weighted by atomic mass is 32.2. The van der Waals surface area contributed by atoms with Crippen LogP contribution < -0.4 is 5.73 Å². The fraction of sp³-hybridized carbons (Fsp3) is 0.500. The largest absolute Gasteiger partial charge is 0.481 e. The molecule has 2 rings (SSSR count). The molecular formula is C12H18N6O2S. The summed E-state index contributed by atoms with van der Waals surface area (Å²) in [5.41, 5.74) is 7.88. The number of aryl methyl sites for hydroxylation is 3. The molecule has 3 N–H and O–H groups in total. The van der Waals surface area contributed by atoms with Crippen LogP contribution in [0.5, 0.6) is 0 Å². The van der Waals surface area contributed by atoms with Crippen LogP contribution in [0.15, 0.2) is 11.2 Å². The molecule has 2 aromatic heterocycles. The summed E-state index contributed by atoms with van der Waals surface area (Å²) in [4.78, 5) is 10.6. The Morgan fingerprint density at radius 2 is 2.14 bits per heavy atom. The van der Waals surface area contributed by atoms with Crippen LogP contribution in [-0.4, -0.2) is 41.4 Å². The van der Waals surface area contributed by atoms with Crippen LogP contribution in [0, 0.1) is 13.8 Å². The average Bonchev–Trinajstić information content (AvgIpc) is 2.91. The zero-order valence-corrected chi connectivity index (χ0v) is 12.8. The van der Waals surface area contributed by atoms with E-state index < -0.39 is 5.97 Å². The number of aliphatic carboxylic acids is 1. The van der Waals surface area contributed by atoms with E-state index in [0.717, 1.165) is 36.1 Å². The Bertz CT molecular complexity index is 636. The van der Waals surface area contributed by atoms with Crippen LogP contribution in [0.1, 0.15) is 17.8 Å². The lowest BCUT2D eigenvalue weighted by molar-refractivity contribution is -0.133. The third-order valence-electron chi connectivity index (χ3n) is 2.93.